The van der Waals surface area contributed by atoms with Gasteiger partial charge in [0.25, 0.3) is 0 Å². The molecule has 5 nitrogen and oxygen atoms in total. The third-order valence-corrected chi connectivity index (χ3v) is 2.39. The van der Waals surface area contributed by atoms with Crippen LogP contribution in [0.5, 0.6) is 5.88 Å². The first-order chi connectivity index (χ1) is 8.43. The van der Waals surface area contributed by atoms with Crippen molar-refractivity contribution in [1.82, 2.24) is 9.97 Å². The van der Waals surface area contributed by atoms with Crippen LogP contribution >= 0.6 is 0 Å². The normalized spacial score (nSPS) is 12.5. The van der Waals surface area contributed by atoms with Crippen LogP contribution in [-0.2, 0) is 4.79 Å². The molecule has 1 unspecified atom stereocenters. The molecule has 1 heterocycles. The molecule has 0 bridgehead atoms. The van der Waals surface area contributed by atoms with Gasteiger partial charge in [-0.3, -0.25) is 4.79 Å². The molecule has 0 fully saturated rings. The Morgan fingerprint density at radius 2 is 2.11 bits per heavy atom. The van der Waals surface area contributed by atoms with Gasteiger partial charge >= 0.3 is 5.97 Å². The molecular weight excluding hydrogens is 232 g/mol. The summed E-state index contributed by atoms with van der Waals surface area (Å²) in [6.07, 6.45) is 1.30. The summed E-state index contributed by atoms with van der Waals surface area (Å²) in [6, 6.07) is 1.72. The van der Waals surface area contributed by atoms with E-state index in [1.165, 1.54) is 0 Å². The molecule has 0 radical (unpaired) electrons. The van der Waals surface area contributed by atoms with E-state index < -0.39 is 11.9 Å². The number of aromatic nitrogens is 2. The number of carbonyl (C=O) groups is 1. The highest BCUT2D eigenvalue weighted by Crippen LogP contribution is 2.21. The van der Waals surface area contributed by atoms with E-state index in [1.807, 2.05) is 27.7 Å². The van der Waals surface area contributed by atoms with Gasteiger partial charge in [0.05, 0.1) is 6.10 Å². The number of aryl methyl sites for hydroxylation is 1. The SMILES string of the molecule is CCCC(C(=O)O)c1nc(C)cc(OC(C)C)n1. The van der Waals surface area contributed by atoms with Crippen LogP contribution in [0.1, 0.15) is 51.0 Å². The number of carboxylic acids is 1. The van der Waals surface area contributed by atoms with Gasteiger partial charge in [-0.1, -0.05) is 13.3 Å². The zero-order valence-corrected chi connectivity index (χ0v) is 11.3. The first-order valence-corrected chi connectivity index (χ1v) is 6.19. The quantitative estimate of drug-likeness (QED) is 0.842. The maximum absolute atomic E-state index is 11.2. The lowest BCUT2D eigenvalue weighted by molar-refractivity contribution is -0.139. The largest absolute Gasteiger partial charge is 0.481 e. The number of hydrogen-bond acceptors (Lipinski definition) is 4. The molecule has 0 aliphatic heterocycles. The van der Waals surface area contributed by atoms with Gasteiger partial charge in [-0.25, -0.2) is 4.98 Å². The smallest absolute Gasteiger partial charge is 0.314 e. The van der Waals surface area contributed by atoms with Crippen molar-refractivity contribution >= 4 is 5.97 Å². The second kappa shape index (κ2) is 6.33. The fraction of sp³-hybridized carbons (Fsp3) is 0.615. The first kappa shape index (κ1) is 14.4. The molecule has 1 aromatic rings. The van der Waals surface area contributed by atoms with Crippen molar-refractivity contribution in [2.45, 2.75) is 52.6 Å². The van der Waals surface area contributed by atoms with Crippen LogP contribution in [0.15, 0.2) is 6.07 Å². The Morgan fingerprint density at radius 1 is 1.44 bits per heavy atom. The van der Waals surface area contributed by atoms with Crippen LogP contribution in [0.3, 0.4) is 0 Å². The lowest BCUT2D eigenvalue weighted by atomic mass is 10.0. The third-order valence-electron chi connectivity index (χ3n) is 2.39. The molecule has 0 aliphatic rings. The number of carboxylic acid groups (broad SMARTS) is 1. The van der Waals surface area contributed by atoms with Crippen molar-refractivity contribution < 1.29 is 14.6 Å². The molecule has 5 heteroatoms. The lowest BCUT2D eigenvalue weighted by Gasteiger charge is -2.14. The standard InChI is InChI=1S/C13H20N2O3/c1-5-6-10(13(16)17)12-14-9(4)7-11(15-12)18-8(2)3/h7-8,10H,5-6H2,1-4H3,(H,16,17). The minimum atomic E-state index is -0.891. The Kier molecular flexibility index (Phi) is 5.07. The van der Waals surface area contributed by atoms with E-state index in [0.29, 0.717) is 18.1 Å². The van der Waals surface area contributed by atoms with Gasteiger partial charge in [0, 0.05) is 11.8 Å². The van der Waals surface area contributed by atoms with Crippen LogP contribution in [0.25, 0.3) is 0 Å². The van der Waals surface area contributed by atoms with E-state index in [-0.39, 0.29) is 6.10 Å². The highest BCUT2D eigenvalue weighted by atomic mass is 16.5. The molecular formula is C13H20N2O3. The Morgan fingerprint density at radius 3 is 2.61 bits per heavy atom. The average Bonchev–Trinajstić information content (AvgIpc) is 2.23. The van der Waals surface area contributed by atoms with Crippen molar-refractivity contribution in [2.24, 2.45) is 0 Å². The molecule has 1 rings (SSSR count). The van der Waals surface area contributed by atoms with Crippen molar-refractivity contribution in [3.8, 4) is 5.88 Å². The Hall–Kier alpha value is -1.65. The summed E-state index contributed by atoms with van der Waals surface area (Å²) in [5.41, 5.74) is 0.720. The predicted octanol–water partition coefficient (Wildman–Crippen LogP) is 2.54. The molecule has 0 saturated heterocycles. The predicted molar refractivity (Wildman–Crippen MR) is 67.8 cm³/mol. The molecule has 100 valence electrons. The number of hydrogen-bond donors (Lipinski definition) is 1. The van der Waals surface area contributed by atoms with E-state index in [2.05, 4.69) is 9.97 Å². The van der Waals surface area contributed by atoms with Gasteiger partial charge in [-0.05, 0) is 27.2 Å². The van der Waals surface area contributed by atoms with Gasteiger partial charge < -0.3 is 9.84 Å². The van der Waals surface area contributed by atoms with Gasteiger partial charge in [0.1, 0.15) is 11.7 Å². The summed E-state index contributed by atoms with van der Waals surface area (Å²) in [7, 11) is 0. The highest BCUT2D eigenvalue weighted by molar-refractivity contribution is 5.74. The summed E-state index contributed by atoms with van der Waals surface area (Å²) >= 11 is 0. The molecule has 18 heavy (non-hydrogen) atoms. The maximum Gasteiger partial charge on any atom is 0.314 e. The topological polar surface area (TPSA) is 72.3 Å². The van der Waals surface area contributed by atoms with Crippen LogP contribution in [-0.4, -0.2) is 27.1 Å². The van der Waals surface area contributed by atoms with E-state index in [9.17, 15) is 9.90 Å². The highest BCUT2D eigenvalue weighted by Gasteiger charge is 2.23. The fourth-order valence-electron chi connectivity index (χ4n) is 1.67. The zero-order valence-electron chi connectivity index (χ0n) is 11.3. The minimum absolute atomic E-state index is 0.00148. The fourth-order valence-corrected chi connectivity index (χ4v) is 1.67. The van der Waals surface area contributed by atoms with E-state index in [4.69, 9.17) is 4.74 Å². The second-order valence-electron chi connectivity index (χ2n) is 4.55. The Bertz CT molecular complexity index is 419. The van der Waals surface area contributed by atoms with E-state index >= 15 is 0 Å². The monoisotopic (exact) mass is 252 g/mol. The van der Waals surface area contributed by atoms with Gasteiger partial charge in [-0.2, -0.15) is 4.98 Å². The number of aliphatic carboxylic acids is 1. The molecule has 0 saturated carbocycles. The van der Waals surface area contributed by atoms with Gasteiger partial charge in [-0.15, -0.1) is 0 Å². The van der Waals surface area contributed by atoms with Crippen molar-refractivity contribution in [2.75, 3.05) is 0 Å². The summed E-state index contributed by atoms with van der Waals surface area (Å²) < 4.78 is 5.50. The third kappa shape index (κ3) is 3.98. The summed E-state index contributed by atoms with van der Waals surface area (Å²) in [5.74, 6) is -0.780. The molecule has 0 aromatic carbocycles. The van der Waals surface area contributed by atoms with Gasteiger partial charge in [0.2, 0.25) is 5.88 Å². The molecule has 0 amide bonds. The average molecular weight is 252 g/mol. The van der Waals surface area contributed by atoms with Crippen molar-refractivity contribution in [3.63, 3.8) is 0 Å². The Balaban J connectivity index is 3.06. The van der Waals surface area contributed by atoms with Crippen LogP contribution in [0.2, 0.25) is 0 Å². The zero-order chi connectivity index (χ0) is 13.7. The Labute approximate surface area is 107 Å². The minimum Gasteiger partial charge on any atom is -0.481 e. The van der Waals surface area contributed by atoms with Crippen LogP contribution in [0, 0.1) is 6.92 Å². The summed E-state index contributed by atoms with van der Waals surface area (Å²) in [5, 5.41) is 9.20. The molecule has 0 aliphatic carbocycles. The second-order valence-corrected chi connectivity index (χ2v) is 4.55. The molecule has 1 aromatic heterocycles. The number of rotatable bonds is 6. The molecule has 1 atom stereocenters. The van der Waals surface area contributed by atoms with Crippen LogP contribution < -0.4 is 4.74 Å². The number of ether oxygens (including phenoxy) is 1. The van der Waals surface area contributed by atoms with Crippen molar-refractivity contribution in [3.05, 3.63) is 17.6 Å². The van der Waals surface area contributed by atoms with Gasteiger partial charge in [0.15, 0.2) is 0 Å². The first-order valence-electron chi connectivity index (χ1n) is 6.19. The summed E-state index contributed by atoms with van der Waals surface area (Å²) in [4.78, 5) is 19.6. The maximum atomic E-state index is 11.2. The lowest BCUT2D eigenvalue weighted by Crippen LogP contribution is -2.17. The van der Waals surface area contributed by atoms with Crippen LogP contribution in [0.4, 0.5) is 0 Å². The summed E-state index contributed by atoms with van der Waals surface area (Å²) in [6.45, 7) is 7.55. The number of nitrogens with zero attached hydrogens (tertiary/aromatic N) is 2. The molecule has 1 N–H and O–H groups in total. The van der Waals surface area contributed by atoms with Crippen molar-refractivity contribution in [1.29, 1.82) is 0 Å². The van der Waals surface area contributed by atoms with E-state index in [0.717, 1.165) is 12.1 Å². The molecule has 0 spiro atoms. The van der Waals surface area contributed by atoms with E-state index in [1.54, 1.807) is 6.07 Å².